The van der Waals surface area contributed by atoms with E-state index in [0.717, 1.165) is 31.9 Å². The molecule has 3 nitrogen and oxygen atoms in total. The molecular formula is C15H26N2O. The zero-order valence-electron chi connectivity index (χ0n) is 12.0. The number of likely N-dealkylation sites (N-methyl/N-ethyl adjacent to an activating group) is 1. The van der Waals surface area contributed by atoms with Crippen LogP contribution in [-0.2, 0) is 5.41 Å². The van der Waals surface area contributed by atoms with Crippen LogP contribution in [0.15, 0.2) is 24.3 Å². The summed E-state index contributed by atoms with van der Waals surface area (Å²) in [7, 11) is 1.71. The van der Waals surface area contributed by atoms with Gasteiger partial charge in [-0.1, -0.05) is 32.9 Å². The molecule has 0 fully saturated rings. The van der Waals surface area contributed by atoms with Gasteiger partial charge in [0.1, 0.15) is 5.75 Å². The lowest BCUT2D eigenvalue weighted by Gasteiger charge is -2.26. The molecule has 0 saturated carbocycles. The quantitative estimate of drug-likeness (QED) is 0.694. The molecule has 2 N–H and O–H groups in total. The number of ether oxygens (including phenoxy) is 1. The van der Waals surface area contributed by atoms with E-state index in [4.69, 9.17) is 4.74 Å². The largest absolute Gasteiger partial charge is 0.497 e. The molecular weight excluding hydrogens is 224 g/mol. The number of rotatable bonds is 8. The molecule has 0 atom stereocenters. The van der Waals surface area contributed by atoms with Crippen LogP contribution in [0.1, 0.15) is 26.3 Å². The van der Waals surface area contributed by atoms with Gasteiger partial charge in [0.2, 0.25) is 0 Å². The van der Waals surface area contributed by atoms with Gasteiger partial charge in [0.05, 0.1) is 7.11 Å². The summed E-state index contributed by atoms with van der Waals surface area (Å²) >= 11 is 0. The van der Waals surface area contributed by atoms with Gasteiger partial charge in [0.25, 0.3) is 0 Å². The summed E-state index contributed by atoms with van der Waals surface area (Å²) in [6, 6.07) is 8.31. The lowest BCUT2D eigenvalue weighted by Crippen LogP contribution is -2.36. The van der Waals surface area contributed by atoms with Crippen LogP contribution < -0.4 is 15.4 Å². The van der Waals surface area contributed by atoms with E-state index in [1.807, 2.05) is 6.07 Å². The summed E-state index contributed by atoms with van der Waals surface area (Å²) < 4.78 is 5.28. The minimum Gasteiger partial charge on any atom is -0.497 e. The van der Waals surface area contributed by atoms with Gasteiger partial charge in [0, 0.05) is 25.0 Å². The molecule has 0 heterocycles. The molecule has 0 aromatic heterocycles. The van der Waals surface area contributed by atoms with Gasteiger partial charge in [-0.05, 0) is 24.2 Å². The molecule has 0 aliphatic heterocycles. The second-order valence-corrected chi connectivity index (χ2v) is 5.15. The molecule has 1 aromatic rings. The van der Waals surface area contributed by atoms with Crippen LogP contribution in [0.5, 0.6) is 5.75 Å². The van der Waals surface area contributed by atoms with Crippen LogP contribution in [-0.4, -0.2) is 33.3 Å². The highest BCUT2D eigenvalue weighted by molar-refractivity contribution is 5.33. The van der Waals surface area contributed by atoms with E-state index in [2.05, 4.69) is 49.6 Å². The Bertz CT molecular complexity index is 350. The smallest absolute Gasteiger partial charge is 0.119 e. The third kappa shape index (κ3) is 4.67. The van der Waals surface area contributed by atoms with Crippen LogP contribution in [0.3, 0.4) is 0 Å². The fraction of sp³-hybridized carbons (Fsp3) is 0.600. The van der Waals surface area contributed by atoms with Gasteiger partial charge in [-0.25, -0.2) is 0 Å². The van der Waals surface area contributed by atoms with Crippen molar-refractivity contribution >= 4 is 0 Å². The standard InChI is InChI=1S/C15H26N2O/c1-5-16-9-10-17-12-15(2,3)13-7-6-8-14(11-13)18-4/h6-8,11,16-17H,5,9-10,12H2,1-4H3. The zero-order chi connectivity index (χ0) is 13.4. The third-order valence-electron chi connectivity index (χ3n) is 3.15. The SMILES string of the molecule is CCNCCNCC(C)(C)c1cccc(OC)c1. The molecule has 1 aromatic carbocycles. The summed E-state index contributed by atoms with van der Waals surface area (Å²) in [5, 5.41) is 6.80. The summed E-state index contributed by atoms with van der Waals surface area (Å²) in [5.41, 5.74) is 1.42. The normalized spacial score (nSPS) is 11.6. The van der Waals surface area contributed by atoms with Crippen LogP contribution in [0, 0.1) is 0 Å². The first-order valence-electron chi connectivity index (χ1n) is 6.66. The van der Waals surface area contributed by atoms with E-state index in [9.17, 15) is 0 Å². The Kier molecular flexibility index (Phi) is 6.16. The van der Waals surface area contributed by atoms with Crippen molar-refractivity contribution in [3.8, 4) is 5.75 Å². The Morgan fingerprint density at radius 3 is 2.56 bits per heavy atom. The fourth-order valence-corrected chi connectivity index (χ4v) is 1.90. The van der Waals surface area contributed by atoms with E-state index < -0.39 is 0 Å². The number of methoxy groups -OCH3 is 1. The summed E-state index contributed by atoms with van der Waals surface area (Å²) in [5.74, 6) is 0.924. The average molecular weight is 250 g/mol. The van der Waals surface area contributed by atoms with Crippen LogP contribution in [0.4, 0.5) is 0 Å². The number of benzene rings is 1. The molecule has 0 aliphatic rings. The predicted molar refractivity (Wildman–Crippen MR) is 77.4 cm³/mol. The highest BCUT2D eigenvalue weighted by Crippen LogP contribution is 2.25. The monoisotopic (exact) mass is 250 g/mol. The molecule has 0 unspecified atom stereocenters. The molecule has 3 heteroatoms. The second kappa shape index (κ2) is 7.39. The van der Waals surface area contributed by atoms with Crippen LogP contribution in [0.2, 0.25) is 0 Å². The highest BCUT2D eigenvalue weighted by Gasteiger charge is 2.20. The van der Waals surface area contributed by atoms with Gasteiger partial charge < -0.3 is 15.4 Å². The zero-order valence-corrected chi connectivity index (χ0v) is 12.0. The van der Waals surface area contributed by atoms with Crippen LogP contribution >= 0.6 is 0 Å². The minimum absolute atomic E-state index is 0.112. The maximum atomic E-state index is 5.28. The molecule has 0 radical (unpaired) electrons. The van der Waals surface area contributed by atoms with E-state index in [-0.39, 0.29) is 5.41 Å². The summed E-state index contributed by atoms with van der Waals surface area (Å²) in [6.07, 6.45) is 0. The lowest BCUT2D eigenvalue weighted by atomic mass is 9.84. The van der Waals surface area contributed by atoms with Crippen molar-refractivity contribution in [1.82, 2.24) is 10.6 Å². The van der Waals surface area contributed by atoms with Crippen molar-refractivity contribution in [3.63, 3.8) is 0 Å². The molecule has 102 valence electrons. The highest BCUT2D eigenvalue weighted by atomic mass is 16.5. The molecule has 0 spiro atoms. The van der Waals surface area contributed by atoms with Gasteiger partial charge in [0.15, 0.2) is 0 Å². The number of nitrogens with one attached hydrogen (secondary N) is 2. The third-order valence-corrected chi connectivity index (χ3v) is 3.15. The Morgan fingerprint density at radius 1 is 1.17 bits per heavy atom. The predicted octanol–water partition coefficient (Wildman–Crippen LogP) is 2.17. The molecule has 0 amide bonds. The summed E-state index contributed by atoms with van der Waals surface area (Å²) in [4.78, 5) is 0. The van der Waals surface area contributed by atoms with Gasteiger partial charge in [-0.15, -0.1) is 0 Å². The number of hydrogen-bond acceptors (Lipinski definition) is 3. The molecule has 0 bridgehead atoms. The Hall–Kier alpha value is -1.06. The Labute approximate surface area is 111 Å². The van der Waals surface area contributed by atoms with Gasteiger partial charge >= 0.3 is 0 Å². The van der Waals surface area contributed by atoms with E-state index in [1.54, 1.807) is 7.11 Å². The van der Waals surface area contributed by atoms with Crippen molar-refractivity contribution < 1.29 is 4.74 Å². The maximum absolute atomic E-state index is 5.28. The van der Waals surface area contributed by atoms with Crippen molar-refractivity contribution in [2.45, 2.75) is 26.2 Å². The average Bonchev–Trinajstić information content (AvgIpc) is 2.38. The Morgan fingerprint density at radius 2 is 1.89 bits per heavy atom. The van der Waals surface area contributed by atoms with Gasteiger partial charge in [-0.3, -0.25) is 0 Å². The molecule has 1 rings (SSSR count). The van der Waals surface area contributed by atoms with E-state index in [0.29, 0.717) is 0 Å². The van der Waals surface area contributed by atoms with Crippen molar-refractivity contribution in [3.05, 3.63) is 29.8 Å². The molecule has 18 heavy (non-hydrogen) atoms. The first-order valence-corrected chi connectivity index (χ1v) is 6.66. The van der Waals surface area contributed by atoms with Crippen molar-refractivity contribution in [2.75, 3.05) is 33.3 Å². The number of hydrogen-bond donors (Lipinski definition) is 2. The van der Waals surface area contributed by atoms with E-state index >= 15 is 0 Å². The lowest BCUT2D eigenvalue weighted by molar-refractivity contribution is 0.410. The maximum Gasteiger partial charge on any atom is 0.119 e. The van der Waals surface area contributed by atoms with Crippen molar-refractivity contribution in [2.24, 2.45) is 0 Å². The Balaban J connectivity index is 2.50. The summed E-state index contributed by atoms with van der Waals surface area (Å²) in [6.45, 7) is 10.6. The van der Waals surface area contributed by atoms with Crippen molar-refractivity contribution in [1.29, 1.82) is 0 Å². The van der Waals surface area contributed by atoms with Crippen LogP contribution in [0.25, 0.3) is 0 Å². The molecule has 0 saturated heterocycles. The molecule has 0 aliphatic carbocycles. The minimum atomic E-state index is 0.112. The first-order chi connectivity index (χ1) is 8.60. The van der Waals surface area contributed by atoms with Gasteiger partial charge in [-0.2, -0.15) is 0 Å². The fourth-order valence-electron chi connectivity index (χ4n) is 1.90. The first kappa shape index (κ1) is 15.0. The topological polar surface area (TPSA) is 33.3 Å². The second-order valence-electron chi connectivity index (χ2n) is 5.15. The van der Waals surface area contributed by atoms with E-state index in [1.165, 1.54) is 5.56 Å².